The summed E-state index contributed by atoms with van der Waals surface area (Å²) in [6, 6.07) is 10.2. The number of carbonyl (C=O) groups excluding carboxylic acids is 1. The molecule has 0 radical (unpaired) electrons. The molecule has 2 aromatic heterocycles. The Labute approximate surface area is 143 Å². The number of carbonyl (C=O) groups is 1. The van der Waals surface area contributed by atoms with Gasteiger partial charge in [-0.2, -0.15) is 0 Å². The maximum atomic E-state index is 12.3. The van der Waals surface area contributed by atoms with E-state index in [2.05, 4.69) is 20.5 Å². The molecule has 0 fully saturated rings. The lowest BCUT2D eigenvalue weighted by molar-refractivity contribution is 0.0925. The number of ether oxygens (including phenoxy) is 1. The summed E-state index contributed by atoms with van der Waals surface area (Å²) in [6.45, 7) is 1.69. The number of benzene rings is 1. The maximum absolute atomic E-state index is 12.3. The monoisotopic (exact) mass is 340 g/mol. The van der Waals surface area contributed by atoms with Crippen LogP contribution in [0.4, 0.5) is 0 Å². The van der Waals surface area contributed by atoms with Crippen LogP contribution < -0.4 is 10.1 Å². The third-order valence-electron chi connectivity index (χ3n) is 3.50. The molecule has 8 heteroatoms. The van der Waals surface area contributed by atoms with Gasteiger partial charge in [0.2, 0.25) is 11.8 Å². The van der Waals surface area contributed by atoms with Crippen molar-refractivity contribution in [2.75, 3.05) is 7.11 Å². The largest absolute Gasteiger partial charge is 0.503 e. The van der Waals surface area contributed by atoms with Crippen molar-refractivity contribution < 1.29 is 19.1 Å². The summed E-state index contributed by atoms with van der Waals surface area (Å²) in [7, 11) is 1.39. The molecule has 3 aromatic rings. The van der Waals surface area contributed by atoms with Crippen LogP contribution in [0.15, 0.2) is 47.0 Å². The van der Waals surface area contributed by atoms with Gasteiger partial charge in [0.25, 0.3) is 5.91 Å². The number of methoxy groups -OCH3 is 1. The smallest absolute Gasteiger partial charge is 0.274 e. The van der Waals surface area contributed by atoms with Gasteiger partial charge in [0.15, 0.2) is 17.2 Å². The summed E-state index contributed by atoms with van der Waals surface area (Å²) in [4.78, 5) is 16.2. The lowest BCUT2D eigenvalue weighted by Crippen LogP contribution is -2.27. The normalized spacial score (nSPS) is 11.8. The molecule has 25 heavy (non-hydrogen) atoms. The zero-order valence-electron chi connectivity index (χ0n) is 13.6. The number of aromatic nitrogens is 3. The SMILES string of the molecule is COc1ccnc(C(=O)N[C@@H](C)c2nnc(-c3ccccc3)o2)c1O. The van der Waals surface area contributed by atoms with Gasteiger partial charge >= 0.3 is 0 Å². The molecule has 2 heterocycles. The highest BCUT2D eigenvalue weighted by molar-refractivity contribution is 5.95. The Morgan fingerprint density at radius 1 is 1.24 bits per heavy atom. The van der Waals surface area contributed by atoms with E-state index in [4.69, 9.17) is 9.15 Å². The zero-order chi connectivity index (χ0) is 17.8. The number of rotatable bonds is 5. The van der Waals surface area contributed by atoms with Gasteiger partial charge in [-0.3, -0.25) is 4.79 Å². The molecule has 0 bridgehead atoms. The first kappa shape index (κ1) is 16.4. The zero-order valence-corrected chi connectivity index (χ0v) is 13.6. The van der Waals surface area contributed by atoms with E-state index in [0.717, 1.165) is 5.56 Å². The number of nitrogens with one attached hydrogen (secondary N) is 1. The molecule has 0 spiro atoms. The first-order valence-corrected chi connectivity index (χ1v) is 7.51. The Morgan fingerprint density at radius 3 is 2.72 bits per heavy atom. The van der Waals surface area contributed by atoms with E-state index in [1.54, 1.807) is 6.92 Å². The van der Waals surface area contributed by atoms with Gasteiger partial charge in [-0.15, -0.1) is 10.2 Å². The standard InChI is InChI=1S/C17H16N4O4/c1-10(16-20-21-17(25-16)11-6-4-3-5-7-11)19-15(23)13-14(22)12(24-2)8-9-18-13/h3-10,22H,1-2H3,(H,19,23)/t10-/m0/s1. The van der Waals surface area contributed by atoms with Gasteiger partial charge in [-0.05, 0) is 19.1 Å². The Balaban J connectivity index is 1.75. The second-order valence-electron chi connectivity index (χ2n) is 5.22. The van der Waals surface area contributed by atoms with Crippen molar-refractivity contribution in [3.63, 3.8) is 0 Å². The van der Waals surface area contributed by atoms with Gasteiger partial charge in [0.1, 0.15) is 6.04 Å². The Kier molecular flexibility index (Phi) is 4.60. The number of hydrogen-bond acceptors (Lipinski definition) is 7. The number of hydrogen-bond donors (Lipinski definition) is 2. The van der Waals surface area contributed by atoms with Crippen LogP contribution in [0.3, 0.4) is 0 Å². The highest BCUT2D eigenvalue weighted by atomic mass is 16.5. The lowest BCUT2D eigenvalue weighted by Gasteiger charge is -2.11. The van der Waals surface area contributed by atoms with E-state index in [0.29, 0.717) is 5.89 Å². The van der Waals surface area contributed by atoms with Crippen LogP contribution in [0, 0.1) is 0 Å². The quantitative estimate of drug-likeness (QED) is 0.733. The second-order valence-corrected chi connectivity index (χ2v) is 5.22. The third kappa shape index (κ3) is 3.42. The fraction of sp³-hybridized carbons (Fsp3) is 0.176. The molecule has 8 nitrogen and oxygen atoms in total. The first-order chi connectivity index (χ1) is 12.1. The van der Waals surface area contributed by atoms with Crippen molar-refractivity contribution in [2.45, 2.75) is 13.0 Å². The molecule has 0 aliphatic heterocycles. The molecule has 0 aliphatic carbocycles. The summed E-state index contributed by atoms with van der Waals surface area (Å²) >= 11 is 0. The van der Waals surface area contributed by atoms with Crippen LogP contribution in [0.1, 0.15) is 29.3 Å². The van der Waals surface area contributed by atoms with Crippen molar-refractivity contribution in [2.24, 2.45) is 0 Å². The van der Waals surface area contributed by atoms with E-state index in [9.17, 15) is 9.90 Å². The number of pyridine rings is 1. The Bertz CT molecular complexity index is 879. The summed E-state index contributed by atoms with van der Waals surface area (Å²) in [6.07, 6.45) is 1.37. The van der Waals surface area contributed by atoms with Gasteiger partial charge in [-0.1, -0.05) is 18.2 Å². The van der Waals surface area contributed by atoms with Gasteiger partial charge < -0.3 is 19.6 Å². The summed E-state index contributed by atoms with van der Waals surface area (Å²) in [5.41, 5.74) is 0.640. The fourth-order valence-electron chi connectivity index (χ4n) is 2.20. The summed E-state index contributed by atoms with van der Waals surface area (Å²) in [5.74, 6) is -0.140. The van der Waals surface area contributed by atoms with Crippen LogP contribution >= 0.6 is 0 Å². The molecule has 3 rings (SSSR count). The minimum Gasteiger partial charge on any atom is -0.503 e. The van der Waals surface area contributed by atoms with E-state index in [1.165, 1.54) is 19.4 Å². The molecule has 1 amide bonds. The molecular formula is C17H16N4O4. The molecular weight excluding hydrogens is 324 g/mol. The van der Waals surface area contributed by atoms with Crippen molar-refractivity contribution in [3.8, 4) is 23.0 Å². The summed E-state index contributed by atoms with van der Waals surface area (Å²) < 4.78 is 10.6. The molecule has 0 unspecified atom stereocenters. The predicted molar refractivity (Wildman–Crippen MR) is 88.1 cm³/mol. The molecule has 128 valence electrons. The Hall–Kier alpha value is -3.42. The Morgan fingerprint density at radius 2 is 2.00 bits per heavy atom. The van der Waals surface area contributed by atoms with Crippen molar-refractivity contribution in [1.82, 2.24) is 20.5 Å². The van der Waals surface area contributed by atoms with Gasteiger partial charge in [0, 0.05) is 17.8 Å². The molecule has 0 aliphatic rings. The van der Waals surface area contributed by atoms with E-state index >= 15 is 0 Å². The van der Waals surface area contributed by atoms with Crippen molar-refractivity contribution in [1.29, 1.82) is 0 Å². The highest BCUT2D eigenvalue weighted by Gasteiger charge is 2.22. The maximum Gasteiger partial charge on any atom is 0.274 e. The highest BCUT2D eigenvalue weighted by Crippen LogP contribution is 2.28. The molecule has 0 saturated heterocycles. The average Bonchev–Trinajstić information content (AvgIpc) is 3.13. The molecule has 0 saturated carbocycles. The minimum absolute atomic E-state index is 0.144. The molecule has 2 N–H and O–H groups in total. The fourth-order valence-corrected chi connectivity index (χ4v) is 2.20. The molecule has 1 aromatic carbocycles. The number of aromatic hydroxyl groups is 1. The predicted octanol–water partition coefficient (Wildman–Crippen LogP) is 2.34. The molecule has 1 atom stereocenters. The summed E-state index contributed by atoms with van der Waals surface area (Å²) in [5, 5.41) is 20.6. The van der Waals surface area contributed by atoms with Gasteiger partial charge in [-0.25, -0.2) is 4.98 Å². The number of amides is 1. The van der Waals surface area contributed by atoms with Crippen LogP contribution in [0.2, 0.25) is 0 Å². The van der Waals surface area contributed by atoms with Crippen molar-refractivity contribution in [3.05, 3.63) is 54.2 Å². The van der Waals surface area contributed by atoms with E-state index in [-0.39, 0.29) is 23.1 Å². The number of nitrogens with zero attached hydrogens (tertiary/aromatic N) is 3. The topological polar surface area (TPSA) is 110 Å². The first-order valence-electron chi connectivity index (χ1n) is 7.51. The van der Waals surface area contributed by atoms with Crippen LogP contribution in [0.25, 0.3) is 11.5 Å². The van der Waals surface area contributed by atoms with E-state index in [1.807, 2.05) is 30.3 Å². The lowest BCUT2D eigenvalue weighted by atomic mass is 10.2. The van der Waals surface area contributed by atoms with Crippen LogP contribution in [0.5, 0.6) is 11.5 Å². The van der Waals surface area contributed by atoms with Gasteiger partial charge in [0.05, 0.1) is 7.11 Å². The third-order valence-corrected chi connectivity index (χ3v) is 3.50. The average molecular weight is 340 g/mol. The van der Waals surface area contributed by atoms with Crippen LogP contribution in [-0.4, -0.2) is 33.3 Å². The van der Waals surface area contributed by atoms with Crippen molar-refractivity contribution >= 4 is 5.91 Å². The minimum atomic E-state index is -0.580. The second kappa shape index (κ2) is 7.00. The van der Waals surface area contributed by atoms with Crippen LogP contribution in [-0.2, 0) is 0 Å². The van der Waals surface area contributed by atoms with E-state index < -0.39 is 11.9 Å².